The number of fused-ring (bicyclic) bond motifs is 2. The normalized spacial score (nSPS) is 11.1. The van der Waals surface area contributed by atoms with E-state index in [-0.39, 0.29) is 21.6 Å². The molecule has 0 aliphatic rings. The molecule has 162 valence electrons. The van der Waals surface area contributed by atoms with Gasteiger partial charge in [0.05, 0.1) is 5.56 Å². The van der Waals surface area contributed by atoms with Gasteiger partial charge in [0.2, 0.25) is 0 Å². The number of ketones is 1. The highest BCUT2D eigenvalue weighted by molar-refractivity contribution is 6.48. The number of benzene rings is 2. The molecule has 0 spiro atoms. The fourth-order valence-electron chi connectivity index (χ4n) is 3.89. The van der Waals surface area contributed by atoms with Gasteiger partial charge in [-0.3, -0.25) is 9.59 Å². The van der Waals surface area contributed by atoms with Crippen LogP contribution in [0.5, 0.6) is 0 Å². The van der Waals surface area contributed by atoms with Gasteiger partial charge in [0.25, 0.3) is 11.7 Å². The van der Waals surface area contributed by atoms with Gasteiger partial charge in [-0.2, -0.15) is 0 Å². The van der Waals surface area contributed by atoms with E-state index in [9.17, 15) is 9.59 Å². The van der Waals surface area contributed by atoms with E-state index in [1.807, 2.05) is 28.8 Å². The average molecular weight is 475 g/mol. The highest BCUT2D eigenvalue weighted by atomic mass is 35.5. The summed E-state index contributed by atoms with van der Waals surface area (Å²) in [5.74, 6) is -1.49. The third-order valence-electron chi connectivity index (χ3n) is 5.33. The molecule has 1 N–H and O–H groups in total. The summed E-state index contributed by atoms with van der Waals surface area (Å²) < 4.78 is 1.89. The number of hydrogen-bond acceptors (Lipinski definition) is 4. The number of Topliss-reactive ketones (excluding diaryl/α,β-unsaturated/α-hetero) is 1. The van der Waals surface area contributed by atoms with Crippen LogP contribution in [0.2, 0.25) is 10.3 Å². The highest BCUT2D eigenvalue weighted by Crippen LogP contribution is 2.25. The van der Waals surface area contributed by atoms with E-state index >= 15 is 0 Å². The van der Waals surface area contributed by atoms with Crippen molar-refractivity contribution in [2.75, 3.05) is 5.32 Å². The predicted octanol–water partition coefficient (Wildman–Crippen LogP) is 5.76. The van der Waals surface area contributed by atoms with Crippen molar-refractivity contribution in [3.05, 3.63) is 101 Å². The second-order valence-electron chi connectivity index (χ2n) is 7.47. The van der Waals surface area contributed by atoms with Gasteiger partial charge in [-0.25, -0.2) is 9.97 Å². The Labute approximate surface area is 198 Å². The smallest absolute Gasteiger partial charge is 0.296 e. The van der Waals surface area contributed by atoms with Crippen LogP contribution in [0.1, 0.15) is 15.9 Å². The predicted molar refractivity (Wildman–Crippen MR) is 130 cm³/mol. The zero-order valence-corrected chi connectivity index (χ0v) is 18.6. The summed E-state index contributed by atoms with van der Waals surface area (Å²) in [6, 6.07) is 20.6. The molecule has 0 fully saturated rings. The molecule has 5 rings (SSSR count). The van der Waals surface area contributed by atoms with Crippen LogP contribution >= 0.6 is 23.2 Å². The van der Waals surface area contributed by atoms with Gasteiger partial charge in [-0.15, -0.1) is 0 Å². The van der Waals surface area contributed by atoms with Crippen LogP contribution < -0.4 is 5.32 Å². The Bertz CT molecular complexity index is 1520. The number of nitrogens with one attached hydrogen (secondary N) is 1. The second-order valence-corrected chi connectivity index (χ2v) is 8.24. The lowest BCUT2D eigenvalue weighted by atomic mass is 10.0. The van der Waals surface area contributed by atoms with Crippen molar-refractivity contribution in [1.82, 2.24) is 14.5 Å². The van der Waals surface area contributed by atoms with Crippen LogP contribution in [-0.2, 0) is 11.3 Å². The first kappa shape index (κ1) is 21.1. The lowest BCUT2D eigenvalue weighted by Crippen LogP contribution is -2.22. The Balaban J connectivity index is 1.50. The molecule has 0 radical (unpaired) electrons. The molecule has 0 unspecified atom stereocenters. The molecule has 3 aromatic heterocycles. The van der Waals surface area contributed by atoms with Gasteiger partial charge in [-0.1, -0.05) is 65.7 Å². The first-order chi connectivity index (χ1) is 16.0. The van der Waals surface area contributed by atoms with Crippen molar-refractivity contribution in [2.45, 2.75) is 6.54 Å². The van der Waals surface area contributed by atoms with E-state index < -0.39 is 11.7 Å². The van der Waals surface area contributed by atoms with Crippen LogP contribution in [0.25, 0.3) is 21.8 Å². The molecule has 0 saturated carbocycles. The molecule has 3 heterocycles. The molecule has 0 atom stereocenters. The Kier molecular flexibility index (Phi) is 5.54. The zero-order chi connectivity index (χ0) is 22.9. The molecule has 1 amide bonds. The maximum absolute atomic E-state index is 13.1. The number of halogens is 2. The minimum Gasteiger partial charge on any atom is -0.327 e. The summed E-state index contributed by atoms with van der Waals surface area (Å²) >= 11 is 11.8. The van der Waals surface area contributed by atoms with Gasteiger partial charge in [0, 0.05) is 30.0 Å². The number of aromatic nitrogens is 3. The van der Waals surface area contributed by atoms with Gasteiger partial charge in [0.15, 0.2) is 0 Å². The summed E-state index contributed by atoms with van der Waals surface area (Å²) in [5, 5.41) is 5.62. The van der Waals surface area contributed by atoms with Crippen LogP contribution in [-0.4, -0.2) is 26.2 Å². The third kappa shape index (κ3) is 4.18. The number of anilines is 1. The summed E-state index contributed by atoms with van der Waals surface area (Å²) in [7, 11) is 0. The highest BCUT2D eigenvalue weighted by Gasteiger charge is 2.23. The van der Waals surface area contributed by atoms with Gasteiger partial charge in [-0.05, 0) is 40.6 Å². The Morgan fingerprint density at radius 1 is 0.909 bits per heavy atom. The number of carbonyl (C=O) groups excluding carboxylic acids is 2. The molecular weight excluding hydrogens is 459 g/mol. The van der Waals surface area contributed by atoms with Crippen LogP contribution in [0.3, 0.4) is 0 Å². The zero-order valence-electron chi connectivity index (χ0n) is 17.1. The summed E-state index contributed by atoms with van der Waals surface area (Å²) in [5.41, 5.74) is 2.26. The maximum atomic E-state index is 13.1. The van der Waals surface area contributed by atoms with Crippen molar-refractivity contribution in [3.8, 4) is 0 Å². The molecule has 0 saturated heterocycles. The Hall–Kier alpha value is -3.74. The lowest BCUT2D eigenvalue weighted by molar-refractivity contribution is -0.112. The Morgan fingerprint density at radius 3 is 2.45 bits per heavy atom. The van der Waals surface area contributed by atoms with E-state index in [0.29, 0.717) is 17.6 Å². The number of amides is 1. The first-order valence-electron chi connectivity index (χ1n) is 10.1. The van der Waals surface area contributed by atoms with Crippen LogP contribution in [0, 0.1) is 0 Å². The summed E-state index contributed by atoms with van der Waals surface area (Å²) in [6.45, 7) is 0.499. The average Bonchev–Trinajstić information content (AvgIpc) is 3.16. The van der Waals surface area contributed by atoms with Crippen molar-refractivity contribution >= 4 is 62.4 Å². The minimum absolute atomic E-state index is 0.112. The van der Waals surface area contributed by atoms with Crippen molar-refractivity contribution in [3.63, 3.8) is 0 Å². The van der Waals surface area contributed by atoms with Crippen molar-refractivity contribution < 1.29 is 9.59 Å². The lowest BCUT2D eigenvalue weighted by Gasteiger charge is -2.08. The molecular formula is C25H16Cl2N4O2. The topological polar surface area (TPSA) is 76.9 Å². The third-order valence-corrected chi connectivity index (χ3v) is 5.71. The fourth-order valence-corrected chi connectivity index (χ4v) is 4.35. The van der Waals surface area contributed by atoms with E-state index in [1.165, 1.54) is 12.1 Å². The second kappa shape index (κ2) is 8.65. The van der Waals surface area contributed by atoms with Crippen molar-refractivity contribution in [2.24, 2.45) is 0 Å². The van der Waals surface area contributed by atoms with E-state index in [2.05, 4.69) is 33.5 Å². The number of carbonyl (C=O) groups is 2. The van der Waals surface area contributed by atoms with Gasteiger partial charge < -0.3 is 9.88 Å². The Morgan fingerprint density at radius 2 is 1.64 bits per heavy atom. The molecule has 0 aliphatic heterocycles. The monoisotopic (exact) mass is 474 g/mol. The number of pyridine rings is 2. The summed E-state index contributed by atoms with van der Waals surface area (Å²) in [6.07, 6.45) is 3.34. The minimum atomic E-state index is -0.804. The molecule has 2 aromatic carbocycles. The first-order valence-corrected chi connectivity index (χ1v) is 10.8. The fraction of sp³-hybridized carbons (Fsp3) is 0.0400. The molecule has 0 aliphatic carbocycles. The molecule has 5 aromatic rings. The molecule has 0 bridgehead atoms. The van der Waals surface area contributed by atoms with E-state index in [0.717, 1.165) is 16.3 Å². The summed E-state index contributed by atoms with van der Waals surface area (Å²) in [4.78, 5) is 34.1. The van der Waals surface area contributed by atoms with Crippen molar-refractivity contribution in [1.29, 1.82) is 0 Å². The van der Waals surface area contributed by atoms with E-state index in [4.69, 9.17) is 23.2 Å². The maximum Gasteiger partial charge on any atom is 0.296 e. The van der Waals surface area contributed by atoms with Crippen LogP contribution in [0.4, 0.5) is 5.69 Å². The van der Waals surface area contributed by atoms with E-state index in [1.54, 1.807) is 24.5 Å². The largest absolute Gasteiger partial charge is 0.327 e. The van der Waals surface area contributed by atoms with Gasteiger partial charge >= 0.3 is 0 Å². The number of nitrogens with zero attached hydrogens (tertiary/aromatic N) is 3. The number of hydrogen-bond donors (Lipinski definition) is 1. The van der Waals surface area contributed by atoms with Crippen LogP contribution in [0.15, 0.2) is 79.1 Å². The SMILES string of the molecule is O=C(Nc1cc(Cl)nc(Cl)c1)C(=O)c1cn(Cc2cccc3ccccc23)c2ncccc12. The quantitative estimate of drug-likeness (QED) is 0.199. The molecule has 8 heteroatoms. The molecule has 33 heavy (non-hydrogen) atoms. The number of rotatable bonds is 5. The van der Waals surface area contributed by atoms with Gasteiger partial charge in [0.1, 0.15) is 16.0 Å². The standard InChI is InChI=1S/C25H16Cl2N4O2/c26-21-11-17(12-22(27)30-21)29-25(33)23(32)20-14-31(24-19(20)9-4-10-28-24)13-16-7-3-6-15-5-1-2-8-18(15)16/h1-12,14H,13H2,(H,29,30,33). The molecule has 6 nitrogen and oxygen atoms in total.